The van der Waals surface area contributed by atoms with Crippen molar-refractivity contribution < 1.29 is 9.53 Å². The first-order valence-corrected chi connectivity index (χ1v) is 7.36. The van der Waals surface area contributed by atoms with Gasteiger partial charge in [-0.1, -0.05) is 6.07 Å². The van der Waals surface area contributed by atoms with Crippen molar-refractivity contribution in [3.05, 3.63) is 48.3 Å². The molecule has 6 nitrogen and oxygen atoms in total. The van der Waals surface area contributed by atoms with Crippen LogP contribution >= 0.6 is 0 Å². The molecule has 1 aromatic carbocycles. The van der Waals surface area contributed by atoms with Crippen molar-refractivity contribution in [2.75, 3.05) is 19.1 Å². The van der Waals surface area contributed by atoms with E-state index in [-0.39, 0.29) is 5.91 Å². The molecule has 0 radical (unpaired) electrons. The highest BCUT2D eigenvalue weighted by atomic mass is 16.5. The van der Waals surface area contributed by atoms with Crippen LogP contribution in [0.1, 0.15) is 12.0 Å². The molecule has 0 aliphatic rings. The van der Waals surface area contributed by atoms with E-state index in [1.54, 1.807) is 31.5 Å². The standard InChI is InChI=1S/C17H18N4O2/c1-21(13-4-3-9-18-11-13)16(22)8-6-12-5-7-14-15(10-12)19-20-17(14)23-2/h3-5,7,9-11H,6,8H2,1-2H3,(H,19,20). The average molecular weight is 310 g/mol. The van der Waals surface area contributed by atoms with Crippen LogP contribution in [0.2, 0.25) is 0 Å². The van der Waals surface area contributed by atoms with Crippen LogP contribution in [0.25, 0.3) is 10.9 Å². The molecule has 118 valence electrons. The van der Waals surface area contributed by atoms with E-state index in [9.17, 15) is 4.79 Å². The quantitative estimate of drug-likeness (QED) is 0.786. The predicted octanol–water partition coefficient (Wildman–Crippen LogP) is 2.56. The first kappa shape index (κ1) is 15.0. The first-order valence-electron chi connectivity index (χ1n) is 7.36. The number of pyridine rings is 1. The van der Waals surface area contributed by atoms with Gasteiger partial charge in [0.2, 0.25) is 11.8 Å². The van der Waals surface area contributed by atoms with Crippen LogP contribution in [0.15, 0.2) is 42.7 Å². The molecule has 1 N–H and O–H groups in total. The predicted molar refractivity (Wildman–Crippen MR) is 88.6 cm³/mol. The number of nitrogens with one attached hydrogen (secondary N) is 1. The molecule has 0 saturated heterocycles. The smallest absolute Gasteiger partial charge is 0.240 e. The summed E-state index contributed by atoms with van der Waals surface area (Å²) in [7, 11) is 3.36. The first-order chi connectivity index (χ1) is 11.2. The number of fused-ring (bicyclic) bond motifs is 1. The van der Waals surface area contributed by atoms with E-state index in [2.05, 4.69) is 15.2 Å². The summed E-state index contributed by atoms with van der Waals surface area (Å²) in [4.78, 5) is 18.0. The fourth-order valence-electron chi connectivity index (χ4n) is 2.47. The maximum atomic E-state index is 12.3. The van der Waals surface area contributed by atoms with Gasteiger partial charge in [0.1, 0.15) is 0 Å². The molecule has 23 heavy (non-hydrogen) atoms. The van der Waals surface area contributed by atoms with Crippen molar-refractivity contribution in [3.63, 3.8) is 0 Å². The van der Waals surface area contributed by atoms with E-state index in [0.717, 1.165) is 22.2 Å². The minimum atomic E-state index is 0.0558. The van der Waals surface area contributed by atoms with Gasteiger partial charge in [-0.2, -0.15) is 0 Å². The van der Waals surface area contributed by atoms with E-state index >= 15 is 0 Å². The molecule has 0 fully saturated rings. The number of anilines is 1. The van der Waals surface area contributed by atoms with Gasteiger partial charge in [0.15, 0.2) is 0 Å². The molecule has 0 unspecified atom stereocenters. The zero-order chi connectivity index (χ0) is 16.2. The largest absolute Gasteiger partial charge is 0.480 e. The third-order valence-electron chi connectivity index (χ3n) is 3.82. The minimum absolute atomic E-state index is 0.0558. The third-order valence-corrected chi connectivity index (χ3v) is 3.82. The average Bonchev–Trinajstić information content (AvgIpc) is 3.02. The molecule has 0 aliphatic heterocycles. The highest BCUT2D eigenvalue weighted by Crippen LogP contribution is 2.23. The van der Waals surface area contributed by atoms with Gasteiger partial charge in [-0.25, -0.2) is 0 Å². The number of H-pyrrole nitrogens is 1. The Labute approximate surface area is 134 Å². The summed E-state index contributed by atoms with van der Waals surface area (Å²) in [6.07, 6.45) is 4.47. The van der Waals surface area contributed by atoms with Gasteiger partial charge in [-0.05, 0) is 36.2 Å². The Bertz CT molecular complexity index is 814. The second-order valence-corrected chi connectivity index (χ2v) is 5.28. The molecule has 0 aliphatic carbocycles. The molecular formula is C17H18N4O2. The van der Waals surface area contributed by atoms with Crippen molar-refractivity contribution in [3.8, 4) is 5.88 Å². The number of amides is 1. The summed E-state index contributed by atoms with van der Waals surface area (Å²) in [5, 5.41) is 7.97. The molecule has 0 spiro atoms. The SMILES string of the molecule is COc1n[nH]c2cc(CCC(=O)N(C)c3cccnc3)ccc12. The number of aromatic amines is 1. The second-order valence-electron chi connectivity index (χ2n) is 5.28. The Morgan fingerprint density at radius 3 is 2.96 bits per heavy atom. The van der Waals surface area contributed by atoms with Crippen LogP contribution in [0.5, 0.6) is 5.88 Å². The number of carbonyl (C=O) groups is 1. The second kappa shape index (κ2) is 6.48. The lowest BCUT2D eigenvalue weighted by Gasteiger charge is -2.16. The Hall–Kier alpha value is -2.89. The number of hydrogen-bond acceptors (Lipinski definition) is 4. The van der Waals surface area contributed by atoms with Crippen molar-refractivity contribution in [1.29, 1.82) is 0 Å². The monoisotopic (exact) mass is 310 g/mol. The topological polar surface area (TPSA) is 71.1 Å². The molecule has 1 amide bonds. The van der Waals surface area contributed by atoms with Gasteiger partial charge in [0.05, 0.1) is 29.9 Å². The summed E-state index contributed by atoms with van der Waals surface area (Å²) in [6, 6.07) is 9.65. The van der Waals surface area contributed by atoms with E-state index in [0.29, 0.717) is 18.7 Å². The van der Waals surface area contributed by atoms with E-state index in [1.165, 1.54) is 0 Å². The van der Waals surface area contributed by atoms with Crippen LogP contribution in [0.4, 0.5) is 5.69 Å². The molecule has 0 atom stereocenters. The van der Waals surface area contributed by atoms with Crippen LogP contribution in [-0.2, 0) is 11.2 Å². The lowest BCUT2D eigenvalue weighted by atomic mass is 10.1. The van der Waals surface area contributed by atoms with Crippen LogP contribution in [-0.4, -0.2) is 35.2 Å². The number of aromatic nitrogens is 3. The van der Waals surface area contributed by atoms with Crippen molar-refractivity contribution >= 4 is 22.5 Å². The van der Waals surface area contributed by atoms with Gasteiger partial charge in [-0.15, -0.1) is 5.10 Å². The minimum Gasteiger partial charge on any atom is -0.480 e. The zero-order valence-corrected chi connectivity index (χ0v) is 13.1. The lowest BCUT2D eigenvalue weighted by Crippen LogP contribution is -2.26. The molecule has 3 rings (SSSR count). The Morgan fingerprint density at radius 1 is 1.35 bits per heavy atom. The number of benzene rings is 1. The number of carbonyl (C=O) groups excluding carboxylic acids is 1. The molecule has 2 aromatic heterocycles. The van der Waals surface area contributed by atoms with Gasteiger partial charge >= 0.3 is 0 Å². The van der Waals surface area contributed by atoms with Gasteiger partial charge in [-0.3, -0.25) is 14.9 Å². The molecule has 6 heteroatoms. The molecule has 0 bridgehead atoms. The van der Waals surface area contributed by atoms with Crippen LogP contribution in [0.3, 0.4) is 0 Å². The Balaban J connectivity index is 1.67. The molecule has 2 heterocycles. The summed E-state index contributed by atoms with van der Waals surface area (Å²) in [5.74, 6) is 0.638. The fraction of sp³-hybridized carbons (Fsp3) is 0.235. The number of hydrogen-bond donors (Lipinski definition) is 1. The number of ether oxygens (including phenoxy) is 1. The molecular weight excluding hydrogens is 292 g/mol. The number of aryl methyl sites for hydroxylation is 1. The van der Waals surface area contributed by atoms with Gasteiger partial charge in [0, 0.05) is 19.7 Å². The number of rotatable bonds is 5. The van der Waals surface area contributed by atoms with Crippen LogP contribution in [0, 0.1) is 0 Å². The zero-order valence-electron chi connectivity index (χ0n) is 13.1. The summed E-state index contributed by atoms with van der Waals surface area (Å²) >= 11 is 0. The maximum Gasteiger partial charge on any atom is 0.240 e. The highest BCUT2D eigenvalue weighted by molar-refractivity contribution is 5.92. The van der Waals surface area contributed by atoms with E-state index in [1.807, 2.05) is 30.3 Å². The van der Waals surface area contributed by atoms with Crippen LogP contribution < -0.4 is 9.64 Å². The molecule has 0 saturated carbocycles. The normalized spacial score (nSPS) is 10.7. The van der Waals surface area contributed by atoms with Crippen molar-refractivity contribution in [2.45, 2.75) is 12.8 Å². The third kappa shape index (κ3) is 3.15. The maximum absolute atomic E-state index is 12.3. The number of nitrogens with zero attached hydrogens (tertiary/aromatic N) is 3. The summed E-state index contributed by atoms with van der Waals surface area (Å²) in [5.41, 5.74) is 2.79. The summed E-state index contributed by atoms with van der Waals surface area (Å²) in [6.45, 7) is 0. The van der Waals surface area contributed by atoms with Gasteiger partial charge in [0.25, 0.3) is 0 Å². The lowest BCUT2D eigenvalue weighted by molar-refractivity contribution is -0.118. The highest BCUT2D eigenvalue weighted by Gasteiger charge is 2.12. The summed E-state index contributed by atoms with van der Waals surface area (Å²) < 4.78 is 5.18. The van der Waals surface area contributed by atoms with E-state index < -0.39 is 0 Å². The molecule has 3 aromatic rings. The number of methoxy groups -OCH3 is 1. The van der Waals surface area contributed by atoms with Crippen molar-refractivity contribution in [2.24, 2.45) is 0 Å². The Kier molecular flexibility index (Phi) is 4.23. The Morgan fingerprint density at radius 2 is 2.22 bits per heavy atom. The fourth-order valence-corrected chi connectivity index (χ4v) is 2.47. The van der Waals surface area contributed by atoms with Crippen molar-refractivity contribution in [1.82, 2.24) is 15.2 Å². The van der Waals surface area contributed by atoms with Gasteiger partial charge < -0.3 is 9.64 Å². The van der Waals surface area contributed by atoms with E-state index in [4.69, 9.17) is 4.74 Å².